The minimum atomic E-state index is -0.775. The second kappa shape index (κ2) is 10.4. The standard InChI is InChI=1S/C19H27NO6/c1-6-12(2)18(19(23)24-5)20-16(21)10-26-17(22)11-25-15-8-7-13(3)14(4)9-15/h7-9,12,18H,6,10-11H2,1-5H3,(H,20,21)/t12-,18+/m0/s1. The van der Waals surface area contributed by atoms with E-state index in [0.717, 1.165) is 11.1 Å². The van der Waals surface area contributed by atoms with Gasteiger partial charge in [0, 0.05) is 0 Å². The van der Waals surface area contributed by atoms with Crippen LogP contribution in [0.15, 0.2) is 18.2 Å². The van der Waals surface area contributed by atoms with E-state index in [1.165, 1.54) is 7.11 Å². The molecule has 0 aliphatic carbocycles. The molecule has 0 heterocycles. The molecule has 0 aliphatic heterocycles. The lowest BCUT2D eigenvalue weighted by atomic mass is 9.99. The van der Waals surface area contributed by atoms with Crippen LogP contribution in [0.1, 0.15) is 31.4 Å². The second-order valence-corrected chi connectivity index (χ2v) is 6.15. The molecule has 0 radical (unpaired) electrons. The number of benzene rings is 1. The van der Waals surface area contributed by atoms with Crippen molar-refractivity contribution < 1.29 is 28.6 Å². The van der Waals surface area contributed by atoms with Crippen LogP contribution in [0.25, 0.3) is 0 Å². The molecule has 1 rings (SSSR count). The van der Waals surface area contributed by atoms with Crippen LogP contribution >= 0.6 is 0 Å². The molecule has 0 saturated heterocycles. The van der Waals surface area contributed by atoms with Crippen molar-refractivity contribution in [3.8, 4) is 5.75 Å². The van der Waals surface area contributed by atoms with Gasteiger partial charge in [0.05, 0.1) is 7.11 Å². The number of hydrogen-bond donors (Lipinski definition) is 1. The normalized spacial score (nSPS) is 12.7. The van der Waals surface area contributed by atoms with Crippen LogP contribution in [0.3, 0.4) is 0 Å². The summed E-state index contributed by atoms with van der Waals surface area (Å²) in [6, 6.07) is 4.70. The summed E-state index contributed by atoms with van der Waals surface area (Å²) in [5.74, 6) is -1.32. The van der Waals surface area contributed by atoms with Gasteiger partial charge in [-0.2, -0.15) is 0 Å². The summed E-state index contributed by atoms with van der Waals surface area (Å²) in [7, 11) is 1.26. The van der Waals surface area contributed by atoms with Crippen molar-refractivity contribution in [2.75, 3.05) is 20.3 Å². The molecule has 2 atom stereocenters. The molecule has 1 aromatic rings. The zero-order valence-electron chi connectivity index (χ0n) is 16.0. The van der Waals surface area contributed by atoms with Crippen molar-refractivity contribution in [3.63, 3.8) is 0 Å². The molecular formula is C19H27NO6. The van der Waals surface area contributed by atoms with E-state index in [2.05, 4.69) is 10.1 Å². The van der Waals surface area contributed by atoms with E-state index in [-0.39, 0.29) is 12.5 Å². The summed E-state index contributed by atoms with van der Waals surface area (Å²) in [6.07, 6.45) is 0.684. The summed E-state index contributed by atoms with van der Waals surface area (Å²) in [5.41, 5.74) is 2.17. The molecule has 0 unspecified atom stereocenters. The lowest BCUT2D eigenvalue weighted by Gasteiger charge is -2.21. The van der Waals surface area contributed by atoms with Gasteiger partial charge in [-0.1, -0.05) is 26.3 Å². The van der Waals surface area contributed by atoms with Crippen molar-refractivity contribution >= 4 is 17.8 Å². The highest BCUT2D eigenvalue weighted by molar-refractivity contribution is 5.86. The number of aryl methyl sites for hydroxylation is 2. The lowest BCUT2D eigenvalue weighted by Crippen LogP contribution is -2.47. The average molecular weight is 365 g/mol. The van der Waals surface area contributed by atoms with E-state index in [1.807, 2.05) is 39.8 Å². The fraction of sp³-hybridized carbons (Fsp3) is 0.526. The van der Waals surface area contributed by atoms with Gasteiger partial charge in [0.1, 0.15) is 11.8 Å². The minimum absolute atomic E-state index is 0.102. The van der Waals surface area contributed by atoms with Crippen LogP contribution in [0.2, 0.25) is 0 Å². The van der Waals surface area contributed by atoms with Crippen LogP contribution in [-0.4, -0.2) is 44.2 Å². The third-order valence-electron chi connectivity index (χ3n) is 4.18. The number of carbonyl (C=O) groups excluding carboxylic acids is 3. The Labute approximate surface area is 154 Å². The van der Waals surface area contributed by atoms with Gasteiger partial charge < -0.3 is 19.5 Å². The molecule has 0 bridgehead atoms. The molecule has 0 fully saturated rings. The molecular weight excluding hydrogens is 338 g/mol. The van der Waals surface area contributed by atoms with Gasteiger partial charge in [0.25, 0.3) is 5.91 Å². The third-order valence-corrected chi connectivity index (χ3v) is 4.18. The number of carbonyl (C=O) groups is 3. The second-order valence-electron chi connectivity index (χ2n) is 6.15. The fourth-order valence-corrected chi connectivity index (χ4v) is 2.14. The first-order valence-electron chi connectivity index (χ1n) is 8.51. The summed E-state index contributed by atoms with van der Waals surface area (Å²) in [6.45, 7) is 6.86. The summed E-state index contributed by atoms with van der Waals surface area (Å²) in [4.78, 5) is 35.4. The maximum absolute atomic E-state index is 11.9. The number of hydrogen-bond acceptors (Lipinski definition) is 6. The highest BCUT2D eigenvalue weighted by atomic mass is 16.6. The first-order valence-corrected chi connectivity index (χ1v) is 8.51. The van der Waals surface area contributed by atoms with Crippen molar-refractivity contribution in [2.24, 2.45) is 5.92 Å². The minimum Gasteiger partial charge on any atom is -0.482 e. The number of rotatable bonds is 9. The number of methoxy groups -OCH3 is 1. The topological polar surface area (TPSA) is 90.9 Å². The van der Waals surface area contributed by atoms with E-state index in [0.29, 0.717) is 12.2 Å². The average Bonchev–Trinajstić information content (AvgIpc) is 2.64. The quantitative estimate of drug-likeness (QED) is 0.673. The third kappa shape index (κ3) is 6.74. The molecule has 7 nitrogen and oxygen atoms in total. The van der Waals surface area contributed by atoms with Crippen LogP contribution in [-0.2, 0) is 23.9 Å². The smallest absolute Gasteiger partial charge is 0.344 e. The van der Waals surface area contributed by atoms with Crippen LogP contribution in [0.4, 0.5) is 0 Å². The Balaban J connectivity index is 2.44. The van der Waals surface area contributed by atoms with E-state index < -0.39 is 30.5 Å². The molecule has 0 aliphatic rings. The number of ether oxygens (including phenoxy) is 3. The Kier molecular flexibility index (Phi) is 8.61. The Morgan fingerprint density at radius 1 is 1.12 bits per heavy atom. The van der Waals surface area contributed by atoms with Gasteiger partial charge in [-0.25, -0.2) is 9.59 Å². The first-order chi connectivity index (χ1) is 12.3. The maximum atomic E-state index is 11.9. The Morgan fingerprint density at radius 3 is 2.38 bits per heavy atom. The summed E-state index contributed by atoms with van der Waals surface area (Å²) < 4.78 is 14.9. The van der Waals surface area contributed by atoms with E-state index in [4.69, 9.17) is 9.47 Å². The molecule has 144 valence electrons. The van der Waals surface area contributed by atoms with Crippen molar-refractivity contribution in [1.82, 2.24) is 5.32 Å². The molecule has 0 spiro atoms. The van der Waals surface area contributed by atoms with Crippen LogP contribution < -0.4 is 10.1 Å². The molecule has 0 aromatic heterocycles. The first kappa shape index (κ1) is 21.5. The summed E-state index contributed by atoms with van der Waals surface area (Å²) in [5, 5.41) is 2.53. The maximum Gasteiger partial charge on any atom is 0.344 e. The molecule has 1 amide bonds. The highest BCUT2D eigenvalue weighted by Gasteiger charge is 2.26. The highest BCUT2D eigenvalue weighted by Crippen LogP contribution is 2.16. The number of nitrogens with one attached hydrogen (secondary N) is 1. The van der Waals surface area contributed by atoms with Gasteiger partial charge in [-0.15, -0.1) is 0 Å². The molecule has 7 heteroatoms. The molecule has 26 heavy (non-hydrogen) atoms. The van der Waals surface area contributed by atoms with Crippen LogP contribution in [0, 0.1) is 19.8 Å². The molecule has 1 N–H and O–H groups in total. The Bertz CT molecular complexity index is 643. The Hall–Kier alpha value is -2.57. The van der Waals surface area contributed by atoms with E-state index in [1.54, 1.807) is 6.07 Å². The predicted octanol–water partition coefficient (Wildman–Crippen LogP) is 1.93. The SMILES string of the molecule is CC[C@H](C)[C@@H](NC(=O)COC(=O)COc1ccc(C)c(C)c1)C(=O)OC. The lowest BCUT2D eigenvalue weighted by molar-refractivity contribution is -0.152. The van der Waals surface area contributed by atoms with Crippen molar-refractivity contribution in [3.05, 3.63) is 29.3 Å². The van der Waals surface area contributed by atoms with Crippen molar-refractivity contribution in [1.29, 1.82) is 0 Å². The van der Waals surface area contributed by atoms with Gasteiger partial charge >= 0.3 is 11.9 Å². The van der Waals surface area contributed by atoms with E-state index in [9.17, 15) is 14.4 Å². The zero-order chi connectivity index (χ0) is 19.7. The molecule has 1 aromatic carbocycles. The zero-order valence-corrected chi connectivity index (χ0v) is 16.0. The van der Waals surface area contributed by atoms with Crippen LogP contribution in [0.5, 0.6) is 5.75 Å². The fourth-order valence-electron chi connectivity index (χ4n) is 2.14. The number of amides is 1. The van der Waals surface area contributed by atoms with Gasteiger partial charge in [0.15, 0.2) is 13.2 Å². The Morgan fingerprint density at radius 2 is 1.81 bits per heavy atom. The predicted molar refractivity (Wildman–Crippen MR) is 95.8 cm³/mol. The van der Waals surface area contributed by atoms with Gasteiger partial charge in [0.2, 0.25) is 0 Å². The van der Waals surface area contributed by atoms with E-state index >= 15 is 0 Å². The van der Waals surface area contributed by atoms with Crippen molar-refractivity contribution in [2.45, 2.75) is 40.2 Å². The molecule has 0 saturated carbocycles. The van der Waals surface area contributed by atoms with Gasteiger partial charge in [-0.3, -0.25) is 4.79 Å². The monoisotopic (exact) mass is 365 g/mol. The largest absolute Gasteiger partial charge is 0.482 e. The number of esters is 2. The van der Waals surface area contributed by atoms with Gasteiger partial charge in [-0.05, 0) is 43.0 Å². The summed E-state index contributed by atoms with van der Waals surface area (Å²) >= 11 is 0.